The lowest BCUT2D eigenvalue weighted by molar-refractivity contribution is -0.782. The van der Waals surface area contributed by atoms with Crippen LogP contribution in [0.1, 0.15) is 29.8 Å². The van der Waals surface area contributed by atoms with Crippen molar-refractivity contribution < 1.29 is 28.5 Å². The zero-order valence-corrected chi connectivity index (χ0v) is 24.1. The molecule has 12 nitrogen and oxygen atoms in total. The number of ether oxygens (including phenoxy) is 4. The van der Waals surface area contributed by atoms with Gasteiger partial charge in [-0.25, -0.2) is 9.36 Å². The Kier molecular flexibility index (Phi) is 8.94. The quantitative estimate of drug-likeness (QED) is 0.198. The Bertz CT molecular complexity index is 1790. The van der Waals surface area contributed by atoms with E-state index in [2.05, 4.69) is 5.16 Å². The number of hydrogen-bond acceptors (Lipinski definition) is 9. The van der Waals surface area contributed by atoms with Gasteiger partial charge in [0.15, 0.2) is 6.23 Å². The monoisotopic (exact) mass is 600 g/mol. The van der Waals surface area contributed by atoms with Crippen LogP contribution in [0.15, 0.2) is 105 Å². The maximum Gasteiger partial charge on any atom is 0.336 e. The van der Waals surface area contributed by atoms with Crippen molar-refractivity contribution in [2.24, 2.45) is 0 Å². The number of aromatic nitrogens is 4. The first-order valence-electron chi connectivity index (χ1n) is 14.4. The van der Waals surface area contributed by atoms with Crippen LogP contribution >= 0.6 is 0 Å². The number of benzene rings is 3. The molecule has 228 valence electrons. The second-order valence-corrected chi connectivity index (χ2v) is 10.4. The third-order valence-electron chi connectivity index (χ3n) is 7.53. The van der Waals surface area contributed by atoms with Gasteiger partial charge >= 0.3 is 22.4 Å². The maximum absolute atomic E-state index is 13.8. The number of nitrogens with zero attached hydrogens (tertiary/aromatic N) is 4. The molecule has 0 unspecified atom stereocenters. The lowest BCUT2D eigenvalue weighted by Gasteiger charge is -2.25. The second-order valence-electron chi connectivity index (χ2n) is 10.4. The van der Waals surface area contributed by atoms with Crippen LogP contribution in [0.2, 0.25) is 0 Å². The van der Waals surface area contributed by atoms with E-state index >= 15 is 0 Å². The molecule has 1 saturated heterocycles. The molecule has 5 aromatic rings. The van der Waals surface area contributed by atoms with Gasteiger partial charge in [0.2, 0.25) is 0 Å². The summed E-state index contributed by atoms with van der Waals surface area (Å²) in [6.45, 7) is 2.51. The summed E-state index contributed by atoms with van der Waals surface area (Å²) in [5.74, 6) is 0. The summed E-state index contributed by atoms with van der Waals surface area (Å²) in [4.78, 5) is 26.8. The molecule has 1 fully saturated rings. The number of rotatable bonds is 12. The van der Waals surface area contributed by atoms with E-state index in [1.807, 2.05) is 91.0 Å². The molecule has 1 aliphatic rings. The molecule has 3 heterocycles. The Morgan fingerprint density at radius 2 is 1.36 bits per heavy atom. The van der Waals surface area contributed by atoms with Crippen LogP contribution < -0.4 is 16.2 Å². The van der Waals surface area contributed by atoms with Gasteiger partial charge in [0.25, 0.3) is 0 Å². The summed E-state index contributed by atoms with van der Waals surface area (Å²) in [5, 5.41) is 16.2. The van der Waals surface area contributed by atoms with Crippen LogP contribution in [0.4, 0.5) is 0 Å². The largest absolute Gasteiger partial charge is 0.374 e. The highest BCUT2D eigenvalue weighted by atomic mass is 16.8. The van der Waals surface area contributed by atoms with E-state index in [9.17, 15) is 14.8 Å². The van der Waals surface area contributed by atoms with Crippen LogP contribution in [0, 0.1) is 5.21 Å². The zero-order chi connectivity index (χ0) is 30.5. The van der Waals surface area contributed by atoms with Gasteiger partial charge in [-0.05, 0) is 28.5 Å². The van der Waals surface area contributed by atoms with Gasteiger partial charge in [-0.15, -0.1) is 0 Å². The predicted molar refractivity (Wildman–Crippen MR) is 157 cm³/mol. The number of fused-ring (bicyclic) bond motifs is 1. The van der Waals surface area contributed by atoms with Gasteiger partial charge in [0.1, 0.15) is 18.3 Å². The molecule has 0 aliphatic carbocycles. The maximum atomic E-state index is 13.8. The minimum absolute atomic E-state index is 0.00160. The lowest BCUT2D eigenvalue weighted by Crippen LogP contribution is -2.46. The van der Waals surface area contributed by atoms with Crippen molar-refractivity contribution in [1.29, 1.82) is 0 Å². The highest BCUT2D eigenvalue weighted by Crippen LogP contribution is 2.35. The average molecular weight is 601 g/mol. The molecule has 0 N–H and O–H groups in total. The first kappa shape index (κ1) is 29.5. The third kappa shape index (κ3) is 6.06. The van der Waals surface area contributed by atoms with E-state index in [0.29, 0.717) is 6.61 Å². The summed E-state index contributed by atoms with van der Waals surface area (Å²) in [7, 11) is 0. The minimum Gasteiger partial charge on any atom is -0.374 e. The van der Waals surface area contributed by atoms with E-state index in [1.165, 1.54) is 0 Å². The predicted octanol–water partition coefficient (Wildman–Crippen LogP) is 3.09. The fourth-order valence-electron chi connectivity index (χ4n) is 5.35. The van der Waals surface area contributed by atoms with Gasteiger partial charge in [0, 0.05) is 6.54 Å². The van der Waals surface area contributed by atoms with E-state index in [1.54, 1.807) is 6.92 Å². The molecule has 0 amide bonds. The molecule has 0 saturated carbocycles. The van der Waals surface area contributed by atoms with Crippen LogP contribution in [0.5, 0.6) is 0 Å². The molecule has 3 aromatic carbocycles. The normalized spacial score (nSPS) is 19.9. The lowest BCUT2D eigenvalue weighted by atomic mass is 10.1. The molecule has 2 aromatic heterocycles. The topological polar surface area (TPSA) is 134 Å². The van der Waals surface area contributed by atoms with Crippen molar-refractivity contribution in [3.63, 3.8) is 0 Å². The summed E-state index contributed by atoms with van der Waals surface area (Å²) >= 11 is 0. The Hall–Kier alpha value is -4.62. The third-order valence-corrected chi connectivity index (χ3v) is 7.53. The standard InChI is InChI=1S/C32H32N4O8/c1-2-34-30(37)26-29(33-44-36(26)39)35(32(34)38)31-28(42-20-24-16-10-5-11-17-24)27(41-19-23-14-8-4-9-15-23)25(43-31)21-40-18-22-12-6-3-7-13-22/h3-17,25,27-28,31H,2,18-21H2,1H3/t25-,27-,28-,31-/m1/s1. The molecule has 12 heteroatoms. The summed E-state index contributed by atoms with van der Waals surface area (Å²) in [6.07, 6.45) is -3.41. The molecule has 1 aliphatic heterocycles. The summed E-state index contributed by atoms with van der Waals surface area (Å²) in [5.41, 5.74) is 0.630. The zero-order valence-electron chi connectivity index (χ0n) is 24.1. The van der Waals surface area contributed by atoms with E-state index in [4.69, 9.17) is 23.6 Å². The number of hydrogen-bond donors (Lipinski definition) is 0. The van der Waals surface area contributed by atoms with E-state index in [0.717, 1.165) is 25.8 Å². The van der Waals surface area contributed by atoms with Crippen molar-refractivity contribution in [1.82, 2.24) is 14.3 Å². The Balaban J connectivity index is 1.39. The Morgan fingerprint density at radius 3 is 1.93 bits per heavy atom. The van der Waals surface area contributed by atoms with Crippen molar-refractivity contribution in [3.05, 3.63) is 134 Å². The smallest absolute Gasteiger partial charge is 0.336 e. The first-order chi connectivity index (χ1) is 21.5. The Labute approximate surface area is 252 Å². The fourth-order valence-corrected chi connectivity index (χ4v) is 5.35. The highest BCUT2D eigenvalue weighted by molar-refractivity contribution is 5.64. The molecular weight excluding hydrogens is 568 g/mol. The van der Waals surface area contributed by atoms with Crippen molar-refractivity contribution in [2.45, 2.75) is 57.8 Å². The first-order valence-corrected chi connectivity index (χ1v) is 14.4. The van der Waals surface area contributed by atoms with Crippen molar-refractivity contribution >= 4 is 11.2 Å². The van der Waals surface area contributed by atoms with Crippen LogP contribution in [0.25, 0.3) is 11.2 Å². The summed E-state index contributed by atoms with van der Waals surface area (Å²) in [6, 6.07) is 28.9. The van der Waals surface area contributed by atoms with Crippen molar-refractivity contribution in [3.8, 4) is 0 Å². The Morgan fingerprint density at radius 1 is 0.818 bits per heavy atom. The van der Waals surface area contributed by atoms with E-state index in [-0.39, 0.29) is 36.9 Å². The van der Waals surface area contributed by atoms with Crippen LogP contribution in [-0.2, 0) is 45.3 Å². The van der Waals surface area contributed by atoms with Gasteiger partial charge in [0.05, 0.1) is 31.6 Å². The molecule has 4 atom stereocenters. The van der Waals surface area contributed by atoms with Crippen LogP contribution in [0.3, 0.4) is 0 Å². The van der Waals surface area contributed by atoms with Gasteiger partial charge in [-0.1, -0.05) is 91.0 Å². The SMILES string of the molecule is CCn1c(=O)c2c(no[n+]2[O-])n([C@@H]2O[C@H](COCc3ccccc3)[C@@H](OCc3ccccc3)[C@H]2OCc2ccccc2)c1=O. The van der Waals surface area contributed by atoms with Gasteiger partial charge in [-0.3, -0.25) is 14.0 Å². The van der Waals surface area contributed by atoms with Crippen LogP contribution in [-0.4, -0.2) is 39.2 Å². The molecule has 0 bridgehead atoms. The van der Waals surface area contributed by atoms with Gasteiger partial charge in [-0.2, -0.15) is 0 Å². The second kappa shape index (κ2) is 13.3. The minimum atomic E-state index is -1.14. The van der Waals surface area contributed by atoms with Gasteiger partial charge < -0.3 is 24.2 Å². The van der Waals surface area contributed by atoms with Crippen molar-refractivity contribution in [2.75, 3.05) is 6.61 Å². The molecular formula is C32H32N4O8. The molecule has 6 rings (SSSR count). The highest BCUT2D eigenvalue weighted by Gasteiger charge is 2.49. The molecule has 0 radical (unpaired) electrons. The molecule has 44 heavy (non-hydrogen) atoms. The fraction of sp³-hybridized carbons (Fsp3) is 0.312. The molecule has 0 spiro atoms. The average Bonchev–Trinajstić information content (AvgIpc) is 3.60. The summed E-state index contributed by atoms with van der Waals surface area (Å²) < 4.78 is 32.4. The van der Waals surface area contributed by atoms with E-state index < -0.39 is 41.3 Å².